The molecule has 116 valence electrons. The molecule has 0 radical (unpaired) electrons. The largest absolute Gasteiger partial charge is 0.481 e. The highest BCUT2D eigenvalue weighted by molar-refractivity contribution is 5.71. The minimum atomic E-state index is -0.743. The number of benzene rings is 1. The molecule has 0 amide bonds. The fourth-order valence-electron chi connectivity index (χ4n) is 3.00. The summed E-state index contributed by atoms with van der Waals surface area (Å²) < 4.78 is 5.38. The molecule has 1 saturated heterocycles. The Morgan fingerprint density at radius 3 is 2.71 bits per heavy atom. The van der Waals surface area contributed by atoms with Crippen LogP contribution in [0.5, 0.6) is 0 Å². The van der Waals surface area contributed by atoms with E-state index < -0.39 is 11.9 Å². The van der Waals surface area contributed by atoms with E-state index >= 15 is 0 Å². The molecule has 0 bridgehead atoms. The van der Waals surface area contributed by atoms with Gasteiger partial charge in [0.2, 0.25) is 0 Å². The smallest absolute Gasteiger partial charge is 0.310 e. The van der Waals surface area contributed by atoms with Crippen molar-refractivity contribution in [2.24, 2.45) is 5.92 Å². The summed E-state index contributed by atoms with van der Waals surface area (Å²) in [6.45, 7) is 6.95. The Bertz CT molecular complexity index is 449. The van der Waals surface area contributed by atoms with Gasteiger partial charge in [-0.05, 0) is 31.0 Å². The molecule has 1 aliphatic heterocycles. The van der Waals surface area contributed by atoms with Gasteiger partial charge in [-0.2, -0.15) is 0 Å². The van der Waals surface area contributed by atoms with E-state index in [1.54, 1.807) is 0 Å². The summed E-state index contributed by atoms with van der Waals surface area (Å²) in [7, 11) is 0. The maximum atomic E-state index is 11.3. The molecule has 3 atom stereocenters. The zero-order valence-electron chi connectivity index (χ0n) is 12.9. The zero-order chi connectivity index (χ0) is 15.2. The van der Waals surface area contributed by atoms with Gasteiger partial charge in [-0.1, -0.05) is 44.2 Å². The summed E-state index contributed by atoms with van der Waals surface area (Å²) in [5.41, 5.74) is 1.34. The number of aliphatic carboxylic acids is 1. The highest BCUT2D eigenvalue weighted by Gasteiger charge is 2.37. The molecule has 1 aromatic rings. The molecule has 1 aromatic carbocycles. The standard InChI is InChI=1S/C17H25NO3/c1-3-18(16-12-21-11-15(16)17(19)20)10-9-13(2)14-7-5-4-6-8-14/h4-8,13,15-16H,3,9-12H2,1-2H3,(H,19,20). The Hall–Kier alpha value is -1.39. The monoisotopic (exact) mass is 291 g/mol. The maximum absolute atomic E-state index is 11.3. The highest BCUT2D eigenvalue weighted by atomic mass is 16.5. The molecule has 3 unspecified atom stereocenters. The molecule has 0 aromatic heterocycles. The van der Waals surface area contributed by atoms with Crippen LogP contribution in [0.25, 0.3) is 0 Å². The van der Waals surface area contributed by atoms with Gasteiger partial charge in [-0.15, -0.1) is 0 Å². The molecular weight excluding hydrogens is 266 g/mol. The number of hydrogen-bond acceptors (Lipinski definition) is 3. The number of nitrogens with zero attached hydrogens (tertiary/aromatic N) is 1. The van der Waals surface area contributed by atoms with E-state index in [4.69, 9.17) is 4.74 Å². The Kier molecular flexibility index (Phi) is 5.76. The summed E-state index contributed by atoms with van der Waals surface area (Å²) in [6.07, 6.45) is 1.03. The zero-order valence-corrected chi connectivity index (χ0v) is 12.9. The SMILES string of the molecule is CCN(CCC(C)c1ccccc1)C1COCC1C(=O)O. The summed E-state index contributed by atoms with van der Waals surface area (Å²) in [5, 5.41) is 9.28. The van der Waals surface area contributed by atoms with E-state index in [0.29, 0.717) is 19.1 Å². The predicted octanol–water partition coefficient (Wildman–Crippen LogP) is 2.60. The number of rotatable bonds is 7. The van der Waals surface area contributed by atoms with Gasteiger partial charge in [0, 0.05) is 6.04 Å². The third-order valence-electron chi connectivity index (χ3n) is 4.46. The van der Waals surface area contributed by atoms with E-state index in [1.807, 2.05) is 6.07 Å². The van der Waals surface area contributed by atoms with Crippen molar-refractivity contribution in [3.8, 4) is 0 Å². The van der Waals surface area contributed by atoms with Crippen molar-refractivity contribution in [2.45, 2.75) is 32.2 Å². The number of carboxylic acid groups (broad SMARTS) is 1. The average molecular weight is 291 g/mol. The predicted molar refractivity (Wildman–Crippen MR) is 82.5 cm³/mol. The van der Waals surface area contributed by atoms with Crippen molar-refractivity contribution in [3.63, 3.8) is 0 Å². The molecular formula is C17H25NO3. The number of hydrogen-bond donors (Lipinski definition) is 1. The van der Waals surface area contributed by atoms with Crippen molar-refractivity contribution in [1.82, 2.24) is 4.90 Å². The van der Waals surface area contributed by atoms with Crippen LogP contribution >= 0.6 is 0 Å². The molecule has 0 spiro atoms. The Labute approximate surface area is 126 Å². The minimum Gasteiger partial charge on any atom is -0.481 e. The van der Waals surface area contributed by atoms with Crippen LogP contribution in [0, 0.1) is 5.92 Å². The van der Waals surface area contributed by atoms with Crippen LogP contribution in [0.2, 0.25) is 0 Å². The number of likely N-dealkylation sites (N-methyl/N-ethyl adjacent to an activating group) is 1. The van der Waals surface area contributed by atoms with Crippen LogP contribution in [-0.4, -0.2) is 48.3 Å². The third kappa shape index (κ3) is 4.05. The lowest BCUT2D eigenvalue weighted by Gasteiger charge is -2.30. The van der Waals surface area contributed by atoms with E-state index in [9.17, 15) is 9.90 Å². The first kappa shape index (κ1) is 16.0. The number of carboxylic acids is 1. The molecule has 2 rings (SSSR count). The lowest BCUT2D eigenvalue weighted by Crippen LogP contribution is -2.43. The molecule has 1 heterocycles. The highest BCUT2D eigenvalue weighted by Crippen LogP contribution is 2.23. The van der Waals surface area contributed by atoms with Crippen LogP contribution in [0.15, 0.2) is 30.3 Å². The van der Waals surface area contributed by atoms with Crippen LogP contribution in [0.4, 0.5) is 0 Å². The van der Waals surface area contributed by atoms with E-state index in [1.165, 1.54) is 5.56 Å². The van der Waals surface area contributed by atoms with Crippen molar-refractivity contribution in [1.29, 1.82) is 0 Å². The molecule has 0 saturated carbocycles. The minimum absolute atomic E-state index is 0.00970. The number of ether oxygens (including phenoxy) is 1. The third-order valence-corrected chi connectivity index (χ3v) is 4.46. The molecule has 4 nitrogen and oxygen atoms in total. The Morgan fingerprint density at radius 1 is 1.38 bits per heavy atom. The number of carbonyl (C=O) groups is 1. The van der Waals surface area contributed by atoms with E-state index in [0.717, 1.165) is 19.5 Å². The first-order valence-electron chi connectivity index (χ1n) is 7.73. The van der Waals surface area contributed by atoms with Gasteiger partial charge >= 0.3 is 5.97 Å². The normalized spacial score (nSPS) is 23.4. The molecule has 1 aliphatic rings. The van der Waals surface area contributed by atoms with Crippen LogP contribution in [-0.2, 0) is 9.53 Å². The first-order valence-corrected chi connectivity index (χ1v) is 7.73. The van der Waals surface area contributed by atoms with Gasteiger partial charge < -0.3 is 9.84 Å². The summed E-state index contributed by atoms with van der Waals surface area (Å²) in [6, 6.07) is 10.5. The first-order chi connectivity index (χ1) is 10.1. The lowest BCUT2D eigenvalue weighted by atomic mass is 9.96. The van der Waals surface area contributed by atoms with Crippen molar-refractivity contribution in [2.75, 3.05) is 26.3 Å². The van der Waals surface area contributed by atoms with Crippen LogP contribution < -0.4 is 0 Å². The Balaban J connectivity index is 1.92. The lowest BCUT2D eigenvalue weighted by molar-refractivity contribution is -0.143. The second kappa shape index (κ2) is 7.57. The van der Waals surface area contributed by atoms with Gasteiger partial charge in [0.25, 0.3) is 0 Å². The van der Waals surface area contributed by atoms with Crippen molar-refractivity contribution < 1.29 is 14.6 Å². The summed E-state index contributed by atoms with van der Waals surface area (Å²) >= 11 is 0. The topological polar surface area (TPSA) is 49.8 Å². The van der Waals surface area contributed by atoms with Crippen molar-refractivity contribution >= 4 is 5.97 Å². The van der Waals surface area contributed by atoms with E-state index in [2.05, 4.69) is 43.0 Å². The fraction of sp³-hybridized carbons (Fsp3) is 0.588. The van der Waals surface area contributed by atoms with Gasteiger partial charge in [0.15, 0.2) is 0 Å². The molecule has 1 fully saturated rings. The second-order valence-corrected chi connectivity index (χ2v) is 5.78. The van der Waals surface area contributed by atoms with Gasteiger partial charge in [-0.3, -0.25) is 9.69 Å². The summed E-state index contributed by atoms with van der Waals surface area (Å²) in [4.78, 5) is 13.5. The molecule has 21 heavy (non-hydrogen) atoms. The van der Waals surface area contributed by atoms with Gasteiger partial charge in [0.05, 0.1) is 19.1 Å². The van der Waals surface area contributed by atoms with Gasteiger partial charge in [-0.25, -0.2) is 0 Å². The fourth-order valence-corrected chi connectivity index (χ4v) is 3.00. The molecule has 1 N–H and O–H groups in total. The maximum Gasteiger partial charge on any atom is 0.310 e. The van der Waals surface area contributed by atoms with Gasteiger partial charge in [0.1, 0.15) is 0 Å². The molecule has 4 heteroatoms. The van der Waals surface area contributed by atoms with Crippen LogP contribution in [0.3, 0.4) is 0 Å². The quantitative estimate of drug-likeness (QED) is 0.839. The van der Waals surface area contributed by atoms with Crippen molar-refractivity contribution in [3.05, 3.63) is 35.9 Å². The summed E-state index contributed by atoms with van der Waals surface area (Å²) in [5.74, 6) is -0.658. The Morgan fingerprint density at radius 2 is 2.10 bits per heavy atom. The second-order valence-electron chi connectivity index (χ2n) is 5.78. The molecule has 0 aliphatic carbocycles. The average Bonchev–Trinajstić information content (AvgIpc) is 2.98. The van der Waals surface area contributed by atoms with Crippen LogP contribution in [0.1, 0.15) is 31.7 Å². The van der Waals surface area contributed by atoms with E-state index in [-0.39, 0.29) is 6.04 Å².